The summed E-state index contributed by atoms with van der Waals surface area (Å²) in [5.41, 5.74) is 0.960. The van der Waals surface area contributed by atoms with E-state index < -0.39 is 17.0 Å². The molecule has 2 aromatic carbocycles. The highest BCUT2D eigenvalue weighted by Crippen LogP contribution is 2.59. The first kappa shape index (κ1) is 30.5. The van der Waals surface area contributed by atoms with Gasteiger partial charge in [-0.15, -0.1) is 0 Å². The Balaban J connectivity index is 1.37. The van der Waals surface area contributed by atoms with Gasteiger partial charge in [-0.2, -0.15) is 5.10 Å². The van der Waals surface area contributed by atoms with E-state index in [0.717, 1.165) is 31.1 Å². The molecule has 1 amide bonds. The summed E-state index contributed by atoms with van der Waals surface area (Å²) in [5.74, 6) is 1.57. The van der Waals surface area contributed by atoms with Gasteiger partial charge in [-0.3, -0.25) is 9.78 Å². The Morgan fingerprint density at radius 3 is 2.20 bits per heavy atom. The van der Waals surface area contributed by atoms with Crippen LogP contribution >= 0.6 is 11.6 Å². The van der Waals surface area contributed by atoms with Crippen LogP contribution in [0, 0.1) is 23.7 Å². The minimum Gasteiger partial charge on any atom is -0.496 e. The first-order chi connectivity index (χ1) is 22.0. The van der Waals surface area contributed by atoms with Crippen LogP contribution in [0.4, 0.5) is 0 Å². The van der Waals surface area contributed by atoms with E-state index >= 15 is 0 Å². The van der Waals surface area contributed by atoms with Crippen molar-refractivity contribution in [2.24, 2.45) is 23.7 Å². The number of carbonyl (C=O) groups excluding carboxylic acids is 2. The Kier molecular flexibility index (Phi) is 7.50. The van der Waals surface area contributed by atoms with Gasteiger partial charge >= 0.3 is 5.97 Å². The van der Waals surface area contributed by atoms with Gasteiger partial charge in [-0.25, -0.2) is 9.48 Å². The van der Waals surface area contributed by atoms with Gasteiger partial charge in [0, 0.05) is 16.6 Å². The lowest BCUT2D eigenvalue weighted by molar-refractivity contribution is -0.180. The Morgan fingerprint density at radius 2 is 1.59 bits per heavy atom. The zero-order chi connectivity index (χ0) is 32.4. The van der Waals surface area contributed by atoms with Crippen LogP contribution in [0.15, 0.2) is 54.7 Å². The molecule has 46 heavy (non-hydrogen) atoms. The molecule has 0 radical (unpaired) electrons. The number of nitrogens with one attached hydrogen (secondary N) is 1. The maximum atomic E-state index is 14.5. The summed E-state index contributed by atoms with van der Waals surface area (Å²) in [4.78, 5) is 33.2. The fraction of sp³-hybridized carbons (Fsp3) is 0.444. The van der Waals surface area contributed by atoms with Crippen molar-refractivity contribution >= 4 is 34.4 Å². The number of methoxy groups -OCH3 is 2. The van der Waals surface area contributed by atoms with Crippen LogP contribution in [-0.2, 0) is 9.53 Å². The summed E-state index contributed by atoms with van der Waals surface area (Å²) < 4.78 is 19.3. The van der Waals surface area contributed by atoms with Crippen LogP contribution in [-0.4, -0.2) is 52.0 Å². The zero-order valence-corrected chi connectivity index (χ0v) is 27.6. The molecule has 0 unspecified atom stereocenters. The molecule has 0 atom stereocenters. The number of carbonyl (C=O) groups is 2. The SMILES string of the molecule is COc1cccc(OC)c1-c1cc(C(=O)NC2(C(=O)OC(C)(C)C)C3CC4CC(C3)CC2C4)nn1-c1ccnc2cc(Cl)ccc12. The lowest BCUT2D eigenvalue weighted by Crippen LogP contribution is -2.71. The Hall–Kier alpha value is -4.11. The third-order valence-corrected chi connectivity index (χ3v) is 10.3. The molecule has 8 rings (SSSR count). The van der Waals surface area contributed by atoms with Crippen molar-refractivity contribution in [3.63, 3.8) is 0 Å². The smallest absolute Gasteiger partial charge is 0.332 e. The molecule has 2 heterocycles. The monoisotopic (exact) mass is 642 g/mol. The Labute approximate surface area is 273 Å². The van der Waals surface area contributed by atoms with Gasteiger partial charge in [0.05, 0.1) is 36.7 Å². The molecular formula is C36H39ClN4O5. The second-order valence-corrected chi connectivity index (χ2v) is 14.4. The Bertz CT molecular complexity index is 1790. The van der Waals surface area contributed by atoms with Gasteiger partial charge in [0.25, 0.3) is 5.91 Å². The van der Waals surface area contributed by atoms with Crippen molar-refractivity contribution in [2.75, 3.05) is 14.2 Å². The summed E-state index contributed by atoms with van der Waals surface area (Å²) in [6.45, 7) is 5.62. The first-order valence-corrected chi connectivity index (χ1v) is 16.3. The van der Waals surface area contributed by atoms with Crippen LogP contribution in [0.2, 0.25) is 5.02 Å². The lowest BCUT2D eigenvalue weighted by Gasteiger charge is -2.59. The molecule has 4 aromatic rings. The molecule has 4 bridgehead atoms. The molecule has 0 spiro atoms. The molecule has 0 saturated heterocycles. The van der Waals surface area contributed by atoms with Gasteiger partial charge in [-0.1, -0.05) is 17.7 Å². The van der Waals surface area contributed by atoms with E-state index in [1.807, 2.05) is 51.1 Å². The number of esters is 1. The minimum atomic E-state index is -1.11. The van der Waals surface area contributed by atoms with Crippen molar-refractivity contribution in [1.82, 2.24) is 20.1 Å². The predicted molar refractivity (Wildman–Crippen MR) is 176 cm³/mol. The highest BCUT2D eigenvalue weighted by molar-refractivity contribution is 6.31. The Morgan fingerprint density at radius 1 is 0.935 bits per heavy atom. The molecule has 9 nitrogen and oxygen atoms in total. The van der Waals surface area contributed by atoms with E-state index in [2.05, 4.69) is 10.3 Å². The maximum absolute atomic E-state index is 14.5. The van der Waals surface area contributed by atoms with E-state index in [1.54, 1.807) is 43.3 Å². The number of aromatic nitrogens is 3. The summed E-state index contributed by atoms with van der Waals surface area (Å²) in [5, 5.41) is 9.54. The van der Waals surface area contributed by atoms with Crippen LogP contribution < -0.4 is 14.8 Å². The molecular weight excluding hydrogens is 604 g/mol. The average molecular weight is 643 g/mol. The van der Waals surface area contributed by atoms with Crippen molar-refractivity contribution < 1.29 is 23.8 Å². The summed E-state index contributed by atoms with van der Waals surface area (Å²) in [6.07, 6.45) is 6.55. The van der Waals surface area contributed by atoms with Gasteiger partial charge in [0.2, 0.25) is 0 Å². The summed E-state index contributed by atoms with van der Waals surface area (Å²) in [6, 6.07) is 14.6. The number of benzene rings is 2. The fourth-order valence-electron chi connectivity index (χ4n) is 8.38. The molecule has 4 fully saturated rings. The fourth-order valence-corrected chi connectivity index (χ4v) is 8.55. The van der Waals surface area contributed by atoms with Gasteiger partial charge in [0.15, 0.2) is 5.69 Å². The number of hydrogen-bond donors (Lipinski definition) is 1. The van der Waals surface area contributed by atoms with Crippen LogP contribution in [0.3, 0.4) is 0 Å². The summed E-state index contributed by atoms with van der Waals surface area (Å²) in [7, 11) is 3.18. The number of halogens is 1. The largest absolute Gasteiger partial charge is 0.496 e. The van der Waals surface area contributed by atoms with E-state index in [9.17, 15) is 9.59 Å². The summed E-state index contributed by atoms with van der Waals surface area (Å²) >= 11 is 6.31. The molecule has 1 N–H and O–H groups in total. The van der Waals surface area contributed by atoms with Crippen LogP contribution in [0.1, 0.15) is 63.4 Å². The van der Waals surface area contributed by atoms with Gasteiger partial charge in [-0.05, 0) is 119 Å². The predicted octanol–water partition coefficient (Wildman–Crippen LogP) is 7.02. The second kappa shape index (κ2) is 11.3. The van der Waals surface area contributed by atoms with E-state index in [4.69, 9.17) is 30.9 Å². The van der Waals surface area contributed by atoms with Crippen molar-refractivity contribution in [3.05, 3.63) is 65.4 Å². The number of hydrogen-bond acceptors (Lipinski definition) is 7. The van der Waals surface area contributed by atoms with E-state index in [0.29, 0.717) is 50.8 Å². The van der Waals surface area contributed by atoms with Crippen LogP contribution in [0.25, 0.3) is 27.8 Å². The molecule has 4 aliphatic rings. The van der Waals surface area contributed by atoms with Crippen LogP contribution in [0.5, 0.6) is 11.5 Å². The lowest BCUT2D eigenvalue weighted by atomic mass is 9.48. The molecule has 10 heteroatoms. The molecule has 0 aliphatic heterocycles. The molecule has 240 valence electrons. The quantitative estimate of drug-likeness (QED) is 0.216. The third-order valence-electron chi connectivity index (χ3n) is 10.0. The zero-order valence-electron chi connectivity index (χ0n) is 26.8. The van der Waals surface area contributed by atoms with Crippen molar-refractivity contribution in [2.45, 2.75) is 64.0 Å². The van der Waals surface area contributed by atoms with Crippen molar-refractivity contribution in [3.8, 4) is 28.4 Å². The molecule has 2 aromatic heterocycles. The number of pyridine rings is 1. The van der Waals surface area contributed by atoms with Gasteiger partial charge in [0.1, 0.15) is 22.6 Å². The number of amides is 1. The van der Waals surface area contributed by atoms with Crippen molar-refractivity contribution in [1.29, 1.82) is 0 Å². The molecule has 4 aliphatic carbocycles. The highest BCUT2D eigenvalue weighted by atomic mass is 35.5. The second-order valence-electron chi connectivity index (χ2n) is 14.0. The number of fused-ring (bicyclic) bond motifs is 1. The van der Waals surface area contributed by atoms with E-state index in [1.165, 1.54) is 6.42 Å². The minimum absolute atomic E-state index is 0.0207. The normalized spacial score (nSPS) is 25.0. The first-order valence-electron chi connectivity index (χ1n) is 15.9. The standard InChI is InChI=1S/C36H39ClN4O5/c1-35(2,3)46-34(43)36(22-14-20-13-21(16-22)17-23(36)15-20)39-33(42)27-19-29(32-30(44-4)7-6-8-31(32)45-5)41(40-27)28-11-12-38-26-18-24(37)9-10-25(26)28/h6-12,18-23H,13-17H2,1-5H3,(H,39,42). The van der Waals surface area contributed by atoms with Gasteiger partial charge < -0.3 is 19.5 Å². The van der Waals surface area contributed by atoms with E-state index in [-0.39, 0.29) is 23.5 Å². The number of nitrogens with zero attached hydrogens (tertiary/aromatic N) is 3. The number of rotatable bonds is 7. The number of ether oxygens (including phenoxy) is 3. The third kappa shape index (κ3) is 5.09. The maximum Gasteiger partial charge on any atom is 0.332 e. The average Bonchev–Trinajstić information content (AvgIpc) is 3.45. The molecule has 4 saturated carbocycles. The topological polar surface area (TPSA) is 105 Å². The highest BCUT2D eigenvalue weighted by Gasteiger charge is 2.63.